The van der Waals surface area contributed by atoms with Gasteiger partial charge in [-0.25, -0.2) is 0 Å². The fourth-order valence-electron chi connectivity index (χ4n) is 1.88. The molecule has 18 heavy (non-hydrogen) atoms. The maximum absolute atomic E-state index is 5.77. The van der Waals surface area contributed by atoms with Crippen molar-refractivity contribution in [3.8, 4) is 5.75 Å². The number of halogens is 1. The molecule has 0 unspecified atom stereocenters. The second-order valence-electron chi connectivity index (χ2n) is 4.69. The third-order valence-corrected chi connectivity index (χ3v) is 3.66. The predicted octanol–water partition coefficient (Wildman–Crippen LogP) is 3.63. The first-order valence-electron chi connectivity index (χ1n) is 6.20. The van der Waals surface area contributed by atoms with Crippen LogP contribution in [0.5, 0.6) is 5.75 Å². The first-order valence-corrected chi connectivity index (χ1v) is 6.99. The molecule has 0 aliphatic heterocycles. The summed E-state index contributed by atoms with van der Waals surface area (Å²) >= 11 is 3.41. The van der Waals surface area contributed by atoms with Gasteiger partial charge in [0.05, 0.1) is 5.69 Å². The van der Waals surface area contributed by atoms with Crippen molar-refractivity contribution >= 4 is 15.9 Å². The van der Waals surface area contributed by atoms with Crippen molar-refractivity contribution in [3.05, 3.63) is 46.7 Å². The zero-order valence-corrected chi connectivity index (χ0v) is 11.6. The standard InChI is InChI=1S/C14H15BrN2O/c15-12-3-5-14(6-4-12)18-10-13-7-8-16-17(13)9-11-1-2-11/h3-8,11H,1-2,9-10H2. The lowest BCUT2D eigenvalue weighted by Crippen LogP contribution is -2.08. The van der Waals surface area contributed by atoms with E-state index in [9.17, 15) is 0 Å². The molecule has 0 saturated heterocycles. The lowest BCUT2D eigenvalue weighted by atomic mass is 10.3. The van der Waals surface area contributed by atoms with Crippen LogP contribution in [0.15, 0.2) is 41.0 Å². The fourth-order valence-corrected chi connectivity index (χ4v) is 2.14. The maximum Gasteiger partial charge on any atom is 0.130 e. The van der Waals surface area contributed by atoms with Crippen molar-refractivity contribution in [2.45, 2.75) is 26.0 Å². The van der Waals surface area contributed by atoms with Crippen LogP contribution in [0.2, 0.25) is 0 Å². The first kappa shape index (κ1) is 11.8. The highest BCUT2D eigenvalue weighted by molar-refractivity contribution is 9.10. The van der Waals surface area contributed by atoms with E-state index in [4.69, 9.17) is 4.74 Å². The molecule has 1 aliphatic carbocycles. The topological polar surface area (TPSA) is 27.1 Å². The molecule has 94 valence electrons. The third-order valence-electron chi connectivity index (χ3n) is 3.13. The van der Waals surface area contributed by atoms with Crippen LogP contribution in [0.3, 0.4) is 0 Å². The van der Waals surface area contributed by atoms with E-state index in [1.54, 1.807) is 0 Å². The van der Waals surface area contributed by atoms with E-state index in [-0.39, 0.29) is 0 Å². The van der Waals surface area contributed by atoms with Gasteiger partial charge in [-0.2, -0.15) is 5.10 Å². The molecule has 4 heteroatoms. The van der Waals surface area contributed by atoms with E-state index >= 15 is 0 Å². The Morgan fingerprint density at radius 1 is 1.22 bits per heavy atom. The Hall–Kier alpha value is -1.29. The first-order chi connectivity index (χ1) is 8.81. The molecular formula is C14H15BrN2O. The van der Waals surface area contributed by atoms with Gasteiger partial charge in [0.25, 0.3) is 0 Å². The molecule has 1 aromatic heterocycles. The second-order valence-corrected chi connectivity index (χ2v) is 5.61. The molecule has 1 fully saturated rings. The Kier molecular flexibility index (Phi) is 3.37. The molecule has 1 heterocycles. The van der Waals surface area contributed by atoms with Crippen LogP contribution in [0.25, 0.3) is 0 Å². The molecule has 0 radical (unpaired) electrons. The van der Waals surface area contributed by atoms with Crippen LogP contribution in [0.4, 0.5) is 0 Å². The minimum absolute atomic E-state index is 0.578. The van der Waals surface area contributed by atoms with E-state index in [0.29, 0.717) is 6.61 Å². The molecule has 0 atom stereocenters. The largest absolute Gasteiger partial charge is 0.487 e. The van der Waals surface area contributed by atoms with Gasteiger partial charge in [-0.05, 0) is 49.1 Å². The van der Waals surface area contributed by atoms with E-state index in [1.165, 1.54) is 12.8 Å². The van der Waals surface area contributed by atoms with Crippen molar-refractivity contribution in [2.75, 3.05) is 0 Å². The molecule has 3 rings (SSSR count). The highest BCUT2D eigenvalue weighted by atomic mass is 79.9. The number of hydrogen-bond acceptors (Lipinski definition) is 2. The summed E-state index contributed by atoms with van der Waals surface area (Å²) in [6.45, 7) is 1.61. The van der Waals surface area contributed by atoms with Gasteiger partial charge in [0, 0.05) is 17.2 Å². The number of ether oxygens (including phenoxy) is 1. The summed E-state index contributed by atoms with van der Waals surface area (Å²) in [6, 6.07) is 9.92. The number of nitrogens with zero attached hydrogens (tertiary/aromatic N) is 2. The Balaban J connectivity index is 1.62. The molecule has 2 aromatic rings. The van der Waals surface area contributed by atoms with Gasteiger partial charge in [0.15, 0.2) is 0 Å². The van der Waals surface area contributed by atoms with Crippen molar-refractivity contribution in [2.24, 2.45) is 5.92 Å². The van der Waals surface area contributed by atoms with Crippen molar-refractivity contribution in [1.82, 2.24) is 9.78 Å². The molecule has 0 N–H and O–H groups in total. The van der Waals surface area contributed by atoms with Gasteiger partial charge in [-0.3, -0.25) is 4.68 Å². The SMILES string of the molecule is Brc1ccc(OCc2ccnn2CC2CC2)cc1. The van der Waals surface area contributed by atoms with E-state index in [1.807, 2.05) is 36.5 Å². The molecule has 0 amide bonds. The Morgan fingerprint density at radius 2 is 2.00 bits per heavy atom. The lowest BCUT2D eigenvalue weighted by molar-refractivity contribution is 0.290. The maximum atomic E-state index is 5.77. The minimum atomic E-state index is 0.578. The van der Waals surface area contributed by atoms with Gasteiger partial charge < -0.3 is 4.74 Å². The molecule has 1 aliphatic rings. The normalized spacial score (nSPS) is 14.7. The number of aromatic nitrogens is 2. The smallest absolute Gasteiger partial charge is 0.130 e. The summed E-state index contributed by atoms with van der Waals surface area (Å²) < 4.78 is 8.90. The quantitative estimate of drug-likeness (QED) is 0.843. The Bertz CT molecular complexity index is 517. The van der Waals surface area contributed by atoms with E-state index in [2.05, 4.69) is 25.7 Å². The van der Waals surface area contributed by atoms with Gasteiger partial charge in [0.1, 0.15) is 12.4 Å². The predicted molar refractivity (Wildman–Crippen MR) is 73.4 cm³/mol. The Labute approximate surface area is 115 Å². The molecule has 1 saturated carbocycles. The summed E-state index contributed by atoms with van der Waals surface area (Å²) in [5.41, 5.74) is 1.14. The van der Waals surface area contributed by atoms with E-state index < -0.39 is 0 Å². The monoisotopic (exact) mass is 306 g/mol. The second kappa shape index (κ2) is 5.14. The molecule has 0 spiro atoms. The lowest BCUT2D eigenvalue weighted by Gasteiger charge is -2.09. The van der Waals surface area contributed by atoms with Gasteiger partial charge >= 0.3 is 0 Å². The third kappa shape index (κ3) is 2.93. The van der Waals surface area contributed by atoms with Crippen molar-refractivity contribution in [1.29, 1.82) is 0 Å². The Morgan fingerprint density at radius 3 is 2.72 bits per heavy atom. The highest BCUT2D eigenvalue weighted by Crippen LogP contribution is 2.30. The fraction of sp³-hybridized carbons (Fsp3) is 0.357. The van der Waals surface area contributed by atoms with Crippen molar-refractivity contribution in [3.63, 3.8) is 0 Å². The molecule has 1 aromatic carbocycles. The van der Waals surface area contributed by atoms with Crippen LogP contribution in [-0.4, -0.2) is 9.78 Å². The number of benzene rings is 1. The van der Waals surface area contributed by atoms with Crippen LogP contribution in [-0.2, 0) is 13.2 Å². The van der Waals surface area contributed by atoms with Gasteiger partial charge in [0.2, 0.25) is 0 Å². The summed E-state index contributed by atoms with van der Waals surface area (Å²) in [4.78, 5) is 0. The van der Waals surface area contributed by atoms with Crippen molar-refractivity contribution < 1.29 is 4.74 Å². The molecular weight excluding hydrogens is 292 g/mol. The summed E-state index contributed by atoms with van der Waals surface area (Å²) in [7, 11) is 0. The summed E-state index contributed by atoms with van der Waals surface area (Å²) in [5.74, 6) is 1.72. The van der Waals surface area contributed by atoms with Crippen LogP contribution < -0.4 is 4.74 Å². The van der Waals surface area contributed by atoms with Crippen LogP contribution in [0.1, 0.15) is 18.5 Å². The summed E-state index contributed by atoms with van der Waals surface area (Å²) in [5, 5.41) is 4.35. The van der Waals surface area contributed by atoms with Crippen LogP contribution in [0, 0.1) is 5.92 Å². The molecule has 0 bridgehead atoms. The zero-order valence-electron chi connectivity index (χ0n) is 10.1. The van der Waals surface area contributed by atoms with Crippen LogP contribution >= 0.6 is 15.9 Å². The average molecular weight is 307 g/mol. The van der Waals surface area contributed by atoms with Gasteiger partial charge in [-0.1, -0.05) is 15.9 Å². The highest BCUT2D eigenvalue weighted by Gasteiger charge is 2.22. The molecule has 3 nitrogen and oxygen atoms in total. The average Bonchev–Trinajstić information content (AvgIpc) is 3.08. The number of hydrogen-bond donors (Lipinski definition) is 0. The minimum Gasteiger partial charge on any atom is -0.487 e. The summed E-state index contributed by atoms with van der Waals surface area (Å²) in [6.07, 6.45) is 4.53. The zero-order chi connectivity index (χ0) is 12.4. The number of rotatable bonds is 5. The van der Waals surface area contributed by atoms with Gasteiger partial charge in [-0.15, -0.1) is 0 Å². The van der Waals surface area contributed by atoms with E-state index in [0.717, 1.165) is 28.4 Å².